The fraction of sp³-hybridized carbons (Fsp3) is 0.150. The lowest BCUT2D eigenvalue weighted by Crippen LogP contribution is -2.06. The van der Waals surface area contributed by atoms with Gasteiger partial charge in [-0.25, -0.2) is 0 Å². The first-order valence-corrected chi connectivity index (χ1v) is 8.89. The number of halogens is 4. The van der Waals surface area contributed by atoms with Gasteiger partial charge in [-0.3, -0.25) is 4.79 Å². The monoisotopic (exact) mass is 453 g/mol. The number of hydrogen-bond acceptors (Lipinski definition) is 3. The largest absolute Gasteiger partial charge is 0.493 e. The minimum atomic E-state index is -4.48. The lowest BCUT2D eigenvalue weighted by atomic mass is 10.0. The van der Waals surface area contributed by atoms with Crippen LogP contribution in [0.15, 0.2) is 47.5 Å². The topological polar surface area (TPSA) is 47.6 Å². The van der Waals surface area contributed by atoms with Gasteiger partial charge in [0.15, 0.2) is 11.5 Å². The smallest absolute Gasteiger partial charge is 0.416 e. The van der Waals surface area contributed by atoms with Crippen LogP contribution >= 0.6 is 15.9 Å². The molecule has 0 spiro atoms. The van der Waals surface area contributed by atoms with E-state index in [0.29, 0.717) is 27.1 Å². The van der Waals surface area contributed by atoms with Crippen molar-refractivity contribution in [2.24, 2.45) is 0 Å². The summed E-state index contributed by atoms with van der Waals surface area (Å²) in [6.45, 7) is 3.88. The maximum atomic E-state index is 12.9. The number of benzene rings is 2. The molecule has 0 radical (unpaired) electrons. The molecule has 8 heteroatoms. The van der Waals surface area contributed by atoms with Crippen LogP contribution in [0.25, 0.3) is 11.6 Å². The summed E-state index contributed by atoms with van der Waals surface area (Å²) in [5.74, 6) is 0.446. The SMILES string of the molecule is C=CCOc1c(Br)cc(/C=C2\C(=O)Nc3cc(C(F)(F)F)ccc32)cc1OC. The van der Waals surface area contributed by atoms with Crippen LogP contribution in [0.2, 0.25) is 0 Å². The minimum Gasteiger partial charge on any atom is -0.493 e. The molecule has 0 aromatic heterocycles. The Morgan fingerprint density at radius 3 is 2.64 bits per heavy atom. The van der Waals surface area contributed by atoms with Crippen LogP contribution in [0.3, 0.4) is 0 Å². The van der Waals surface area contributed by atoms with Crippen molar-refractivity contribution in [3.63, 3.8) is 0 Å². The number of rotatable bonds is 5. The van der Waals surface area contributed by atoms with Gasteiger partial charge in [-0.15, -0.1) is 0 Å². The Kier molecular flexibility index (Phi) is 5.51. The number of nitrogens with one attached hydrogen (secondary N) is 1. The van der Waals surface area contributed by atoms with Gasteiger partial charge in [0, 0.05) is 16.8 Å². The van der Waals surface area contributed by atoms with Crippen molar-refractivity contribution in [3.05, 3.63) is 64.1 Å². The Balaban J connectivity index is 2.02. The molecule has 2 aromatic rings. The van der Waals surface area contributed by atoms with Gasteiger partial charge in [0.05, 0.1) is 17.1 Å². The second kappa shape index (κ2) is 7.71. The number of alkyl halides is 3. The molecule has 0 atom stereocenters. The number of amides is 1. The van der Waals surface area contributed by atoms with Gasteiger partial charge in [0.1, 0.15) is 6.61 Å². The highest BCUT2D eigenvalue weighted by Crippen LogP contribution is 2.40. The Labute approximate surface area is 167 Å². The molecular weight excluding hydrogens is 439 g/mol. The summed E-state index contributed by atoms with van der Waals surface area (Å²) in [5.41, 5.74) is 0.592. The summed E-state index contributed by atoms with van der Waals surface area (Å²) in [6.07, 6.45) is -1.30. The van der Waals surface area contributed by atoms with Crippen molar-refractivity contribution in [1.29, 1.82) is 0 Å². The predicted octanol–water partition coefficient (Wildman–Crippen LogP) is 5.53. The Bertz CT molecular complexity index is 983. The van der Waals surface area contributed by atoms with Gasteiger partial charge in [-0.05, 0) is 51.8 Å². The van der Waals surface area contributed by atoms with Gasteiger partial charge in [-0.2, -0.15) is 13.2 Å². The highest BCUT2D eigenvalue weighted by molar-refractivity contribution is 9.10. The Hall–Kier alpha value is -2.74. The summed E-state index contributed by atoms with van der Waals surface area (Å²) in [4.78, 5) is 12.3. The second-order valence-corrected chi connectivity index (χ2v) is 6.76. The first kappa shape index (κ1) is 20.0. The summed E-state index contributed by atoms with van der Waals surface area (Å²) in [6, 6.07) is 6.57. The third-order valence-corrected chi connectivity index (χ3v) is 4.63. The predicted molar refractivity (Wildman–Crippen MR) is 104 cm³/mol. The molecule has 0 bridgehead atoms. The molecule has 1 N–H and O–H groups in total. The second-order valence-electron chi connectivity index (χ2n) is 5.90. The fourth-order valence-electron chi connectivity index (χ4n) is 2.79. The quantitative estimate of drug-likeness (QED) is 0.477. The molecule has 0 saturated heterocycles. The third kappa shape index (κ3) is 3.91. The van der Waals surface area contributed by atoms with Crippen LogP contribution in [0.1, 0.15) is 16.7 Å². The zero-order valence-corrected chi connectivity index (χ0v) is 16.3. The fourth-order valence-corrected chi connectivity index (χ4v) is 3.36. The van der Waals surface area contributed by atoms with Crippen LogP contribution in [0, 0.1) is 0 Å². The van der Waals surface area contributed by atoms with E-state index in [0.717, 1.165) is 12.1 Å². The van der Waals surface area contributed by atoms with E-state index in [1.807, 2.05) is 0 Å². The number of ether oxygens (including phenoxy) is 2. The number of fused-ring (bicyclic) bond motifs is 1. The lowest BCUT2D eigenvalue weighted by molar-refractivity contribution is -0.137. The van der Waals surface area contributed by atoms with Crippen LogP contribution < -0.4 is 14.8 Å². The number of carbonyl (C=O) groups excluding carboxylic acids is 1. The summed E-state index contributed by atoms with van der Waals surface area (Å²) in [7, 11) is 1.48. The van der Waals surface area contributed by atoms with E-state index in [1.165, 1.54) is 13.2 Å². The van der Waals surface area contributed by atoms with E-state index in [4.69, 9.17) is 9.47 Å². The maximum absolute atomic E-state index is 12.9. The summed E-state index contributed by atoms with van der Waals surface area (Å²) >= 11 is 3.40. The molecule has 1 amide bonds. The number of anilines is 1. The zero-order valence-electron chi connectivity index (χ0n) is 14.7. The molecule has 1 heterocycles. The van der Waals surface area contributed by atoms with Crippen LogP contribution in [-0.2, 0) is 11.0 Å². The number of hydrogen-bond donors (Lipinski definition) is 1. The van der Waals surface area contributed by atoms with Gasteiger partial charge in [-0.1, -0.05) is 18.7 Å². The molecule has 4 nitrogen and oxygen atoms in total. The molecule has 3 rings (SSSR count). The lowest BCUT2D eigenvalue weighted by Gasteiger charge is -2.12. The molecule has 0 unspecified atom stereocenters. The maximum Gasteiger partial charge on any atom is 0.416 e. The first-order valence-electron chi connectivity index (χ1n) is 8.10. The summed E-state index contributed by atoms with van der Waals surface area (Å²) < 4.78 is 50.2. The Morgan fingerprint density at radius 2 is 2.00 bits per heavy atom. The van der Waals surface area contributed by atoms with Crippen molar-refractivity contribution in [2.75, 3.05) is 19.0 Å². The van der Waals surface area contributed by atoms with Gasteiger partial charge in [0.25, 0.3) is 5.91 Å². The molecule has 146 valence electrons. The minimum absolute atomic E-state index is 0.128. The highest BCUT2D eigenvalue weighted by atomic mass is 79.9. The van der Waals surface area contributed by atoms with Gasteiger partial charge in [0.2, 0.25) is 0 Å². The molecule has 2 aromatic carbocycles. The van der Waals surface area contributed by atoms with Crippen molar-refractivity contribution >= 4 is 39.2 Å². The number of carbonyl (C=O) groups is 1. The van der Waals surface area contributed by atoms with Crippen molar-refractivity contribution in [2.45, 2.75) is 6.18 Å². The van der Waals surface area contributed by atoms with Crippen molar-refractivity contribution in [3.8, 4) is 11.5 Å². The molecule has 0 aliphatic carbocycles. The van der Waals surface area contributed by atoms with Crippen molar-refractivity contribution < 1.29 is 27.4 Å². The molecule has 28 heavy (non-hydrogen) atoms. The number of methoxy groups -OCH3 is 1. The van der Waals surface area contributed by atoms with E-state index in [9.17, 15) is 18.0 Å². The third-order valence-electron chi connectivity index (χ3n) is 4.04. The molecule has 0 fully saturated rings. The van der Waals surface area contributed by atoms with Gasteiger partial charge < -0.3 is 14.8 Å². The van der Waals surface area contributed by atoms with E-state index in [1.54, 1.807) is 24.3 Å². The molecular formula is C20H15BrF3NO3. The molecule has 0 saturated carbocycles. The standard InChI is InChI=1S/C20H15BrF3NO3/c1-3-6-28-18-15(21)8-11(9-17(18)27-2)7-14-13-5-4-12(20(22,23)24)10-16(13)25-19(14)26/h3-5,7-10H,1,6H2,2H3,(H,25,26)/b14-7-. The Morgan fingerprint density at radius 1 is 1.25 bits per heavy atom. The van der Waals surface area contributed by atoms with E-state index in [2.05, 4.69) is 27.8 Å². The molecule has 1 aliphatic rings. The summed E-state index contributed by atoms with van der Waals surface area (Å²) in [5, 5.41) is 2.48. The zero-order chi connectivity index (χ0) is 20.5. The van der Waals surface area contributed by atoms with E-state index in [-0.39, 0.29) is 17.9 Å². The van der Waals surface area contributed by atoms with Gasteiger partial charge >= 0.3 is 6.18 Å². The average molecular weight is 454 g/mol. The van der Waals surface area contributed by atoms with E-state index < -0.39 is 17.6 Å². The van der Waals surface area contributed by atoms with Crippen LogP contribution in [0.4, 0.5) is 18.9 Å². The first-order chi connectivity index (χ1) is 13.2. The normalized spacial score (nSPS) is 14.6. The highest BCUT2D eigenvalue weighted by Gasteiger charge is 2.33. The van der Waals surface area contributed by atoms with Crippen LogP contribution in [-0.4, -0.2) is 19.6 Å². The van der Waals surface area contributed by atoms with Crippen LogP contribution in [0.5, 0.6) is 11.5 Å². The van der Waals surface area contributed by atoms with Crippen molar-refractivity contribution in [1.82, 2.24) is 0 Å². The van der Waals surface area contributed by atoms with E-state index >= 15 is 0 Å². The average Bonchev–Trinajstić information content (AvgIpc) is 2.94. The molecule has 1 aliphatic heterocycles.